The van der Waals surface area contributed by atoms with Gasteiger partial charge >= 0.3 is 0 Å². The number of nitrogens with two attached hydrogens (primary N) is 1. The van der Waals surface area contributed by atoms with Gasteiger partial charge in [0.25, 0.3) is 0 Å². The molecule has 0 bridgehead atoms. The summed E-state index contributed by atoms with van der Waals surface area (Å²) in [6.07, 6.45) is 4.26. The molecule has 0 radical (unpaired) electrons. The lowest BCUT2D eigenvalue weighted by atomic mass is 10.2. The van der Waals surface area contributed by atoms with Crippen LogP contribution in [0.1, 0.15) is 16.2 Å². The molecule has 3 rings (SSSR count). The van der Waals surface area contributed by atoms with E-state index in [1.807, 2.05) is 18.2 Å². The Morgan fingerprint density at radius 3 is 2.74 bits per heavy atom. The fraction of sp³-hybridized carbons (Fsp3) is 0.154. The fourth-order valence-corrected chi connectivity index (χ4v) is 3.11. The van der Waals surface area contributed by atoms with E-state index in [-0.39, 0.29) is 24.8 Å². The zero-order valence-corrected chi connectivity index (χ0v) is 12.7. The van der Waals surface area contributed by atoms with Crippen molar-refractivity contribution in [3.8, 4) is 0 Å². The van der Waals surface area contributed by atoms with Crippen molar-refractivity contribution in [1.29, 1.82) is 0 Å². The highest BCUT2D eigenvalue weighted by Gasteiger charge is 2.12. The van der Waals surface area contributed by atoms with Crippen molar-refractivity contribution in [3.05, 3.63) is 46.9 Å². The summed E-state index contributed by atoms with van der Waals surface area (Å²) in [4.78, 5) is 5.66. The van der Waals surface area contributed by atoms with Crippen LogP contribution in [0.15, 0.2) is 35.1 Å². The van der Waals surface area contributed by atoms with Crippen LogP contribution in [-0.4, -0.2) is 4.98 Å². The van der Waals surface area contributed by atoms with E-state index in [9.17, 15) is 0 Å². The molecule has 3 aromatic heterocycles. The van der Waals surface area contributed by atoms with Gasteiger partial charge in [-0.25, -0.2) is 0 Å². The van der Waals surface area contributed by atoms with Gasteiger partial charge in [0.1, 0.15) is 5.76 Å². The van der Waals surface area contributed by atoms with Crippen LogP contribution in [0.3, 0.4) is 0 Å². The van der Waals surface area contributed by atoms with Gasteiger partial charge in [0, 0.05) is 17.5 Å². The van der Waals surface area contributed by atoms with Crippen LogP contribution >= 0.6 is 36.2 Å². The van der Waals surface area contributed by atoms with E-state index >= 15 is 0 Å². The predicted octanol–water partition coefficient (Wildman–Crippen LogP) is 4.21. The number of furan rings is 1. The highest BCUT2D eigenvalue weighted by molar-refractivity contribution is 7.19. The van der Waals surface area contributed by atoms with Crippen LogP contribution < -0.4 is 5.73 Å². The van der Waals surface area contributed by atoms with Gasteiger partial charge in [-0.1, -0.05) is 0 Å². The first-order valence-corrected chi connectivity index (χ1v) is 6.22. The number of nitrogen functional groups attached to an aromatic ring is 1. The van der Waals surface area contributed by atoms with Gasteiger partial charge in [-0.15, -0.1) is 36.2 Å². The molecule has 0 aromatic carbocycles. The van der Waals surface area contributed by atoms with Gasteiger partial charge in [0.05, 0.1) is 22.2 Å². The van der Waals surface area contributed by atoms with Gasteiger partial charge < -0.3 is 10.2 Å². The van der Waals surface area contributed by atoms with Crippen molar-refractivity contribution in [3.63, 3.8) is 0 Å². The first kappa shape index (κ1) is 15.8. The minimum Gasteiger partial charge on any atom is -0.469 e. The van der Waals surface area contributed by atoms with Crippen molar-refractivity contribution in [1.82, 2.24) is 4.98 Å². The molecule has 0 saturated carbocycles. The van der Waals surface area contributed by atoms with Crippen LogP contribution in [0.5, 0.6) is 0 Å². The summed E-state index contributed by atoms with van der Waals surface area (Å²) in [7, 11) is 0. The number of pyridine rings is 1. The molecule has 19 heavy (non-hydrogen) atoms. The molecule has 102 valence electrons. The lowest BCUT2D eigenvalue weighted by molar-refractivity contribution is 0.521. The second kappa shape index (κ2) is 6.28. The third-order valence-electron chi connectivity index (χ3n) is 2.85. The Bertz CT molecular complexity index is 665. The molecule has 0 unspecified atom stereocenters. The molecule has 0 amide bonds. The molecule has 2 N–H and O–H groups in total. The quantitative estimate of drug-likeness (QED) is 0.770. The van der Waals surface area contributed by atoms with Gasteiger partial charge in [-0.3, -0.25) is 4.98 Å². The third-order valence-corrected chi connectivity index (χ3v) is 4.18. The Labute approximate surface area is 127 Å². The normalized spacial score (nSPS) is 9.95. The predicted molar refractivity (Wildman–Crippen MR) is 84.8 cm³/mol. The summed E-state index contributed by atoms with van der Waals surface area (Å²) in [5.74, 6) is 0.971. The molecule has 0 atom stereocenters. The molecule has 0 fully saturated rings. The van der Waals surface area contributed by atoms with Crippen molar-refractivity contribution in [2.45, 2.75) is 13.3 Å². The standard InChI is InChI=1S/C13H12N2OS.2ClH/c1-8-11(7-9-3-2-6-16-9)17-13-10(14)4-5-15-12(8)13;;/h2-6H,7H2,1H3,(H2,14,15);2*1H. The van der Waals surface area contributed by atoms with E-state index in [1.165, 1.54) is 10.4 Å². The number of halogens is 2. The Morgan fingerprint density at radius 2 is 2.11 bits per heavy atom. The summed E-state index contributed by atoms with van der Waals surface area (Å²) in [5.41, 5.74) is 8.97. The van der Waals surface area contributed by atoms with E-state index in [1.54, 1.807) is 23.8 Å². The maximum Gasteiger partial charge on any atom is 0.108 e. The molecule has 0 aliphatic heterocycles. The first-order chi connectivity index (χ1) is 8.25. The van der Waals surface area contributed by atoms with Crippen LogP contribution in [-0.2, 0) is 6.42 Å². The van der Waals surface area contributed by atoms with Gasteiger partial charge in [0.15, 0.2) is 0 Å². The number of hydrogen-bond donors (Lipinski definition) is 1. The van der Waals surface area contributed by atoms with Crippen LogP contribution in [0.4, 0.5) is 5.69 Å². The number of aryl methyl sites for hydroxylation is 1. The number of fused-ring (bicyclic) bond motifs is 1. The Kier molecular flexibility index (Phi) is 5.23. The van der Waals surface area contributed by atoms with Crippen molar-refractivity contribution < 1.29 is 4.42 Å². The smallest absolute Gasteiger partial charge is 0.108 e. The topological polar surface area (TPSA) is 52.0 Å². The summed E-state index contributed by atoms with van der Waals surface area (Å²) in [6.45, 7) is 2.09. The minimum absolute atomic E-state index is 0. The lowest BCUT2D eigenvalue weighted by Gasteiger charge is -1.95. The first-order valence-electron chi connectivity index (χ1n) is 5.40. The van der Waals surface area contributed by atoms with Crippen molar-refractivity contribution in [2.24, 2.45) is 0 Å². The number of hydrogen-bond acceptors (Lipinski definition) is 4. The van der Waals surface area contributed by atoms with Crippen molar-refractivity contribution >= 4 is 52.1 Å². The molecule has 0 aliphatic carbocycles. The fourth-order valence-electron chi connectivity index (χ4n) is 1.91. The number of aromatic nitrogens is 1. The Hall–Kier alpha value is -1.23. The molecule has 3 heterocycles. The second-order valence-corrected chi connectivity index (χ2v) is 5.09. The molecule has 3 aromatic rings. The molecular formula is C13H14Cl2N2OS. The van der Waals surface area contributed by atoms with E-state index in [4.69, 9.17) is 10.2 Å². The van der Waals surface area contributed by atoms with Gasteiger partial charge in [0.2, 0.25) is 0 Å². The largest absolute Gasteiger partial charge is 0.469 e. The van der Waals surface area contributed by atoms with E-state index in [0.717, 1.165) is 28.1 Å². The number of anilines is 1. The molecule has 0 spiro atoms. The average molecular weight is 317 g/mol. The Balaban J connectivity index is 0.000000902. The summed E-state index contributed by atoms with van der Waals surface area (Å²) in [6, 6.07) is 5.74. The molecule has 0 aliphatic rings. The summed E-state index contributed by atoms with van der Waals surface area (Å²) >= 11 is 1.70. The van der Waals surface area contributed by atoms with Gasteiger partial charge in [-0.05, 0) is 30.7 Å². The number of nitrogens with zero attached hydrogens (tertiary/aromatic N) is 1. The number of thiophene rings is 1. The third kappa shape index (κ3) is 2.86. The molecule has 3 nitrogen and oxygen atoms in total. The number of rotatable bonds is 2. The van der Waals surface area contributed by atoms with Crippen LogP contribution in [0.2, 0.25) is 0 Å². The van der Waals surface area contributed by atoms with Gasteiger partial charge in [-0.2, -0.15) is 0 Å². The maximum absolute atomic E-state index is 5.96. The average Bonchev–Trinajstić information content (AvgIpc) is 2.92. The maximum atomic E-state index is 5.96. The van der Waals surface area contributed by atoms with E-state index in [2.05, 4.69) is 11.9 Å². The zero-order chi connectivity index (χ0) is 11.8. The highest BCUT2D eigenvalue weighted by Crippen LogP contribution is 2.34. The van der Waals surface area contributed by atoms with E-state index < -0.39 is 0 Å². The summed E-state index contributed by atoms with van der Waals surface area (Å²) in [5, 5.41) is 0. The lowest BCUT2D eigenvalue weighted by Crippen LogP contribution is -1.86. The minimum atomic E-state index is 0. The monoisotopic (exact) mass is 316 g/mol. The van der Waals surface area contributed by atoms with E-state index in [0.29, 0.717) is 0 Å². The summed E-state index contributed by atoms with van der Waals surface area (Å²) < 4.78 is 6.45. The van der Waals surface area contributed by atoms with Crippen molar-refractivity contribution in [2.75, 3.05) is 5.73 Å². The molecular weight excluding hydrogens is 303 g/mol. The SMILES string of the molecule is Cc1c(Cc2ccco2)sc2c(N)ccnc12.Cl.Cl. The van der Waals surface area contributed by atoms with Crippen LogP contribution in [0, 0.1) is 6.92 Å². The molecule has 0 saturated heterocycles. The van der Waals surface area contributed by atoms with Crippen LogP contribution in [0.25, 0.3) is 10.2 Å². The Morgan fingerprint density at radius 1 is 1.32 bits per heavy atom. The highest BCUT2D eigenvalue weighted by atomic mass is 35.5. The second-order valence-electron chi connectivity index (χ2n) is 3.98. The zero-order valence-electron chi connectivity index (χ0n) is 10.3. The molecule has 6 heteroatoms.